The summed E-state index contributed by atoms with van der Waals surface area (Å²) in [5, 5.41) is 22.2. The molecular weight excluding hydrogens is 178 g/mol. The van der Waals surface area contributed by atoms with Gasteiger partial charge < -0.3 is 15.5 Å². The number of rotatable bonds is 4. The normalized spacial score (nSPS) is 32.6. The van der Waals surface area contributed by atoms with Crippen LogP contribution in [0.2, 0.25) is 0 Å². The van der Waals surface area contributed by atoms with Crippen LogP contribution in [-0.2, 0) is 0 Å². The third-order valence-corrected chi connectivity index (χ3v) is 3.35. The fourth-order valence-electron chi connectivity index (χ4n) is 1.97. The summed E-state index contributed by atoms with van der Waals surface area (Å²) in [5.41, 5.74) is 0. The largest absolute Gasteiger partial charge is 0.396 e. The van der Waals surface area contributed by atoms with Crippen molar-refractivity contribution in [3.8, 4) is 0 Å². The minimum Gasteiger partial charge on any atom is -0.396 e. The summed E-state index contributed by atoms with van der Waals surface area (Å²) in [4.78, 5) is 0. The van der Waals surface area contributed by atoms with E-state index in [4.69, 9.17) is 5.11 Å². The lowest BCUT2D eigenvalue weighted by atomic mass is 9.91. The van der Waals surface area contributed by atoms with Gasteiger partial charge in [-0.1, -0.05) is 19.8 Å². The van der Waals surface area contributed by atoms with E-state index >= 15 is 0 Å². The van der Waals surface area contributed by atoms with Crippen molar-refractivity contribution in [3.05, 3.63) is 0 Å². The van der Waals surface area contributed by atoms with Crippen molar-refractivity contribution in [1.82, 2.24) is 5.32 Å². The molecule has 84 valence electrons. The van der Waals surface area contributed by atoms with Gasteiger partial charge in [0.25, 0.3) is 0 Å². The first-order valence-electron chi connectivity index (χ1n) is 5.70. The molecule has 1 rings (SSSR count). The third-order valence-electron chi connectivity index (χ3n) is 3.35. The van der Waals surface area contributed by atoms with E-state index in [0.29, 0.717) is 0 Å². The molecule has 0 spiro atoms. The Hall–Kier alpha value is -0.120. The van der Waals surface area contributed by atoms with Crippen LogP contribution < -0.4 is 5.32 Å². The molecule has 3 nitrogen and oxygen atoms in total. The Morgan fingerprint density at radius 3 is 2.50 bits per heavy atom. The molecule has 0 bridgehead atoms. The molecule has 0 aromatic rings. The Kier molecular flexibility index (Phi) is 4.85. The average Bonchev–Trinajstić information content (AvgIpc) is 2.20. The summed E-state index contributed by atoms with van der Waals surface area (Å²) in [5.74, 6) is 0.254. The van der Waals surface area contributed by atoms with Crippen LogP contribution in [0.4, 0.5) is 0 Å². The second kappa shape index (κ2) is 5.69. The fourth-order valence-corrected chi connectivity index (χ4v) is 1.97. The molecule has 14 heavy (non-hydrogen) atoms. The van der Waals surface area contributed by atoms with Crippen LogP contribution in [-0.4, -0.2) is 35.0 Å². The number of nitrogens with one attached hydrogen (secondary N) is 1. The molecule has 1 aliphatic carbocycles. The van der Waals surface area contributed by atoms with Crippen LogP contribution in [0.15, 0.2) is 0 Å². The predicted octanol–water partition coefficient (Wildman–Crippen LogP) is 0.896. The van der Waals surface area contributed by atoms with E-state index in [-0.39, 0.29) is 30.7 Å². The van der Waals surface area contributed by atoms with E-state index in [1.165, 1.54) is 6.42 Å². The van der Waals surface area contributed by atoms with Crippen LogP contribution in [0.25, 0.3) is 0 Å². The van der Waals surface area contributed by atoms with Crippen molar-refractivity contribution in [1.29, 1.82) is 0 Å². The van der Waals surface area contributed by atoms with Gasteiger partial charge in [0.1, 0.15) is 0 Å². The van der Waals surface area contributed by atoms with Crippen LogP contribution in [0.1, 0.15) is 39.5 Å². The Morgan fingerprint density at radius 1 is 1.29 bits per heavy atom. The zero-order chi connectivity index (χ0) is 10.6. The van der Waals surface area contributed by atoms with E-state index in [2.05, 4.69) is 12.2 Å². The minimum absolute atomic E-state index is 0.197. The van der Waals surface area contributed by atoms with Gasteiger partial charge >= 0.3 is 0 Å². The maximum atomic E-state index is 9.75. The summed E-state index contributed by atoms with van der Waals surface area (Å²) in [6.07, 6.45) is 4.12. The van der Waals surface area contributed by atoms with Crippen molar-refractivity contribution in [2.75, 3.05) is 6.61 Å². The number of aliphatic hydroxyl groups is 2. The quantitative estimate of drug-likeness (QED) is 0.633. The van der Waals surface area contributed by atoms with Gasteiger partial charge in [-0.25, -0.2) is 0 Å². The van der Waals surface area contributed by atoms with Crippen LogP contribution in [0, 0.1) is 5.92 Å². The van der Waals surface area contributed by atoms with Gasteiger partial charge in [0.05, 0.1) is 6.10 Å². The smallest absolute Gasteiger partial charge is 0.0693 e. The van der Waals surface area contributed by atoms with Crippen molar-refractivity contribution in [2.45, 2.75) is 57.7 Å². The molecule has 3 heteroatoms. The first-order chi connectivity index (χ1) is 6.65. The molecule has 2 unspecified atom stereocenters. The van der Waals surface area contributed by atoms with Gasteiger partial charge in [-0.2, -0.15) is 0 Å². The molecular formula is C11H23NO2. The highest BCUT2D eigenvalue weighted by molar-refractivity contribution is 4.83. The zero-order valence-corrected chi connectivity index (χ0v) is 9.24. The topological polar surface area (TPSA) is 52.5 Å². The highest BCUT2D eigenvalue weighted by atomic mass is 16.3. The Bertz CT molecular complexity index is 163. The Balaban J connectivity index is 2.34. The van der Waals surface area contributed by atoms with Crippen molar-refractivity contribution in [2.24, 2.45) is 5.92 Å². The summed E-state index contributed by atoms with van der Waals surface area (Å²) in [6.45, 7) is 4.30. The highest BCUT2D eigenvalue weighted by Crippen LogP contribution is 2.19. The third kappa shape index (κ3) is 3.23. The molecule has 0 amide bonds. The van der Waals surface area contributed by atoms with Crippen LogP contribution in [0.3, 0.4) is 0 Å². The van der Waals surface area contributed by atoms with E-state index in [9.17, 15) is 5.11 Å². The molecule has 0 saturated heterocycles. The molecule has 0 aliphatic heterocycles. The lowest BCUT2D eigenvalue weighted by molar-refractivity contribution is 0.0777. The molecule has 0 heterocycles. The molecule has 0 aromatic heterocycles. The molecule has 3 N–H and O–H groups in total. The van der Waals surface area contributed by atoms with Crippen LogP contribution in [0.5, 0.6) is 0 Å². The lowest BCUT2D eigenvalue weighted by Crippen LogP contribution is -2.48. The van der Waals surface area contributed by atoms with Gasteiger partial charge in [-0.05, 0) is 25.7 Å². The molecule has 1 fully saturated rings. The van der Waals surface area contributed by atoms with E-state index in [1.54, 1.807) is 0 Å². The van der Waals surface area contributed by atoms with Gasteiger partial charge in [0, 0.05) is 18.7 Å². The van der Waals surface area contributed by atoms with E-state index in [0.717, 1.165) is 19.3 Å². The molecule has 4 atom stereocenters. The standard InChI is InChI=1S/C11H23NO2/c1-8(7-13)9(2)12-10-5-3-4-6-11(10)14/h8-14H,3-7H2,1-2H3/t8?,9?,10-,11-/m0/s1. The number of hydrogen-bond donors (Lipinski definition) is 3. The lowest BCUT2D eigenvalue weighted by Gasteiger charge is -2.32. The highest BCUT2D eigenvalue weighted by Gasteiger charge is 2.25. The van der Waals surface area contributed by atoms with E-state index < -0.39 is 0 Å². The Labute approximate surface area is 86.5 Å². The summed E-state index contributed by atoms with van der Waals surface area (Å²) < 4.78 is 0. The number of hydrogen-bond acceptors (Lipinski definition) is 3. The van der Waals surface area contributed by atoms with Gasteiger partial charge in [0.2, 0.25) is 0 Å². The maximum absolute atomic E-state index is 9.75. The van der Waals surface area contributed by atoms with Gasteiger partial charge in [-0.3, -0.25) is 0 Å². The molecule has 1 saturated carbocycles. The van der Waals surface area contributed by atoms with Gasteiger partial charge in [0.15, 0.2) is 0 Å². The van der Waals surface area contributed by atoms with E-state index in [1.807, 2.05) is 6.92 Å². The predicted molar refractivity (Wildman–Crippen MR) is 57.1 cm³/mol. The number of aliphatic hydroxyl groups excluding tert-OH is 2. The monoisotopic (exact) mass is 201 g/mol. The first-order valence-corrected chi connectivity index (χ1v) is 5.70. The molecule has 0 radical (unpaired) electrons. The second-order valence-corrected chi connectivity index (χ2v) is 4.57. The van der Waals surface area contributed by atoms with Gasteiger partial charge in [-0.15, -0.1) is 0 Å². The maximum Gasteiger partial charge on any atom is 0.0693 e. The summed E-state index contributed by atoms with van der Waals surface area (Å²) in [6, 6.07) is 0.505. The average molecular weight is 201 g/mol. The molecule has 0 aromatic carbocycles. The van der Waals surface area contributed by atoms with Crippen molar-refractivity contribution in [3.63, 3.8) is 0 Å². The van der Waals surface area contributed by atoms with Crippen molar-refractivity contribution < 1.29 is 10.2 Å². The van der Waals surface area contributed by atoms with Crippen molar-refractivity contribution >= 4 is 0 Å². The first kappa shape index (κ1) is 12.0. The minimum atomic E-state index is -0.197. The fraction of sp³-hybridized carbons (Fsp3) is 1.00. The zero-order valence-electron chi connectivity index (χ0n) is 9.24. The Morgan fingerprint density at radius 2 is 1.93 bits per heavy atom. The summed E-state index contributed by atoms with van der Waals surface area (Å²) in [7, 11) is 0. The molecule has 1 aliphatic rings. The van der Waals surface area contributed by atoms with Crippen LogP contribution >= 0.6 is 0 Å². The second-order valence-electron chi connectivity index (χ2n) is 4.57. The SMILES string of the molecule is CC(CO)C(C)N[C@H]1CCCC[C@@H]1O. The summed E-state index contributed by atoms with van der Waals surface area (Å²) >= 11 is 0.